The van der Waals surface area contributed by atoms with Crippen molar-refractivity contribution in [3.05, 3.63) is 42.5 Å². The highest BCUT2D eigenvalue weighted by molar-refractivity contribution is 7.59. The number of rotatable bonds is 1. The maximum Gasteiger partial charge on any atom is 0.146 e. The van der Waals surface area contributed by atoms with Crippen LogP contribution in [0.3, 0.4) is 0 Å². The third-order valence-corrected chi connectivity index (χ3v) is 2.55. The summed E-state index contributed by atoms with van der Waals surface area (Å²) in [6.45, 7) is 0. The van der Waals surface area contributed by atoms with Gasteiger partial charge in [0, 0.05) is 0 Å². The molecule has 1 aromatic heterocycles. The molecular formula is C13H12N2OS. The van der Waals surface area contributed by atoms with E-state index in [2.05, 4.69) is 9.97 Å². The molecule has 2 aromatic carbocycles. The number of hydrogen-bond acceptors (Lipinski definition) is 3. The molecule has 0 radical (unpaired) electrons. The molecule has 86 valence electrons. The Labute approximate surface area is 106 Å². The minimum Gasteiger partial charge on any atom is -0.494 e. The summed E-state index contributed by atoms with van der Waals surface area (Å²) in [4.78, 5) is 9.10. The zero-order valence-corrected chi connectivity index (χ0v) is 10.3. The number of fused-ring (bicyclic) bond motifs is 2. The first kappa shape index (κ1) is 11.7. The second kappa shape index (κ2) is 4.59. The van der Waals surface area contributed by atoms with E-state index in [0.29, 0.717) is 0 Å². The Morgan fingerprint density at radius 3 is 2.18 bits per heavy atom. The molecule has 0 spiro atoms. The summed E-state index contributed by atoms with van der Waals surface area (Å²) in [5.74, 6) is 0.760. The first-order chi connectivity index (χ1) is 7.88. The minimum atomic E-state index is 0. The first-order valence-corrected chi connectivity index (χ1v) is 5.08. The van der Waals surface area contributed by atoms with Gasteiger partial charge in [-0.05, 0) is 24.3 Å². The third kappa shape index (κ3) is 1.91. The van der Waals surface area contributed by atoms with Crippen LogP contribution in [0.5, 0.6) is 5.75 Å². The molecule has 1 heterocycles. The number of methoxy groups -OCH3 is 1. The van der Waals surface area contributed by atoms with E-state index < -0.39 is 0 Å². The maximum atomic E-state index is 5.27. The molecule has 0 aliphatic rings. The van der Waals surface area contributed by atoms with Crippen LogP contribution in [0.4, 0.5) is 0 Å². The van der Waals surface area contributed by atoms with E-state index in [1.807, 2.05) is 42.5 Å². The van der Waals surface area contributed by atoms with Crippen molar-refractivity contribution in [2.75, 3.05) is 7.11 Å². The molecule has 3 nitrogen and oxygen atoms in total. The van der Waals surface area contributed by atoms with Crippen LogP contribution in [0.25, 0.3) is 22.1 Å². The first-order valence-electron chi connectivity index (χ1n) is 5.08. The van der Waals surface area contributed by atoms with Gasteiger partial charge in [0.1, 0.15) is 11.3 Å². The maximum absolute atomic E-state index is 5.27. The normalized spacial score (nSPS) is 10.2. The molecule has 3 aromatic rings. The topological polar surface area (TPSA) is 35.0 Å². The molecule has 17 heavy (non-hydrogen) atoms. The summed E-state index contributed by atoms with van der Waals surface area (Å²) >= 11 is 0. The van der Waals surface area contributed by atoms with E-state index in [0.717, 1.165) is 27.8 Å². The predicted molar refractivity (Wildman–Crippen MR) is 74.0 cm³/mol. The minimum absolute atomic E-state index is 0. The molecule has 0 saturated carbocycles. The molecule has 0 unspecified atom stereocenters. The van der Waals surface area contributed by atoms with Crippen LogP contribution >= 0.6 is 13.5 Å². The van der Waals surface area contributed by atoms with Crippen LogP contribution in [-0.2, 0) is 0 Å². The molecule has 0 aliphatic heterocycles. The lowest BCUT2D eigenvalue weighted by atomic mass is 10.2. The van der Waals surface area contributed by atoms with Gasteiger partial charge in [0.2, 0.25) is 0 Å². The van der Waals surface area contributed by atoms with E-state index in [1.54, 1.807) is 7.11 Å². The molecular weight excluding hydrogens is 232 g/mol. The van der Waals surface area contributed by atoms with E-state index in [9.17, 15) is 0 Å². The van der Waals surface area contributed by atoms with Crippen molar-refractivity contribution in [1.82, 2.24) is 9.97 Å². The molecule has 0 bridgehead atoms. The van der Waals surface area contributed by atoms with Gasteiger partial charge in [-0.15, -0.1) is 0 Å². The predicted octanol–water partition coefficient (Wildman–Crippen LogP) is 2.90. The second-order valence-electron chi connectivity index (χ2n) is 3.54. The second-order valence-corrected chi connectivity index (χ2v) is 3.54. The number of para-hydroxylation sites is 3. The largest absolute Gasteiger partial charge is 0.494 e. The van der Waals surface area contributed by atoms with E-state index >= 15 is 0 Å². The van der Waals surface area contributed by atoms with Gasteiger partial charge in [-0.3, -0.25) is 0 Å². The zero-order valence-electron chi connectivity index (χ0n) is 9.34. The Morgan fingerprint density at radius 2 is 1.47 bits per heavy atom. The van der Waals surface area contributed by atoms with Crippen LogP contribution in [0, 0.1) is 0 Å². The van der Waals surface area contributed by atoms with Gasteiger partial charge in [0.25, 0.3) is 0 Å². The Morgan fingerprint density at radius 1 is 0.824 bits per heavy atom. The molecule has 0 N–H and O–H groups in total. The van der Waals surface area contributed by atoms with Crippen molar-refractivity contribution in [2.24, 2.45) is 0 Å². The smallest absolute Gasteiger partial charge is 0.146 e. The highest BCUT2D eigenvalue weighted by Crippen LogP contribution is 2.24. The fourth-order valence-corrected chi connectivity index (χ4v) is 1.78. The summed E-state index contributed by atoms with van der Waals surface area (Å²) in [6, 6.07) is 13.6. The van der Waals surface area contributed by atoms with Crippen molar-refractivity contribution >= 4 is 35.6 Å². The SMILES string of the molecule is COc1cccc2nc3ccccc3nc12.S. The summed E-state index contributed by atoms with van der Waals surface area (Å²) < 4.78 is 5.27. The summed E-state index contributed by atoms with van der Waals surface area (Å²) in [6.07, 6.45) is 0. The van der Waals surface area contributed by atoms with Gasteiger partial charge in [0.15, 0.2) is 0 Å². The number of nitrogens with zero attached hydrogens (tertiary/aromatic N) is 2. The quantitative estimate of drug-likeness (QED) is 0.617. The average Bonchev–Trinajstić information content (AvgIpc) is 2.35. The van der Waals surface area contributed by atoms with Crippen molar-refractivity contribution in [3.63, 3.8) is 0 Å². The Bertz CT molecular complexity index is 670. The highest BCUT2D eigenvalue weighted by Gasteiger charge is 2.05. The summed E-state index contributed by atoms with van der Waals surface area (Å²) in [5.41, 5.74) is 3.46. The molecule has 0 saturated heterocycles. The fraction of sp³-hybridized carbons (Fsp3) is 0.0769. The molecule has 0 fully saturated rings. The van der Waals surface area contributed by atoms with Crippen LogP contribution in [0.2, 0.25) is 0 Å². The van der Waals surface area contributed by atoms with Gasteiger partial charge in [-0.2, -0.15) is 13.5 Å². The number of ether oxygens (including phenoxy) is 1. The van der Waals surface area contributed by atoms with E-state index in [1.165, 1.54) is 0 Å². The third-order valence-electron chi connectivity index (χ3n) is 2.55. The van der Waals surface area contributed by atoms with E-state index in [4.69, 9.17) is 4.74 Å². The highest BCUT2D eigenvalue weighted by atomic mass is 32.1. The van der Waals surface area contributed by atoms with Crippen molar-refractivity contribution in [1.29, 1.82) is 0 Å². The van der Waals surface area contributed by atoms with Gasteiger partial charge in [-0.25, -0.2) is 9.97 Å². The van der Waals surface area contributed by atoms with Crippen LogP contribution < -0.4 is 4.74 Å². The Balaban J connectivity index is 0.00000108. The standard InChI is InChI=1S/C13H10N2O.H2S/c1-16-12-8-4-7-11-13(12)15-10-6-3-2-5-9(10)14-11;/h2-8H,1H3;1H2. The van der Waals surface area contributed by atoms with Gasteiger partial charge in [-0.1, -0.05) is 18.2 Å². The zero-order chi connectivity index (χ0) is 11.0. The summed E-state index contributed by atoms with van der Waals surface area (Å²) in [5, 5.41) is 0. The average molecular weight is 244 g/mol. The van der Waals surface area contributed by atoms with Crippen molar-refractivity contribution in [2.45, 2.75) is 0 Å². The van der Waals surface area contributed by atoms with Crippen molar-refractivity contribution in [3.8, 4) is 5.75 Å². The molecule has 0 aliphatic carbocycles. The van der Waals surface area contributed by atoms with Crippen LogP contribution in [0.15, 0.2) is 42.5 Å². The summed E-state index contributed by atoms with van der Waals surface area (Å²) in [7, 11) is 1.64. The lowest BCUT2D eigenvalue weighted by Gasteiger charge is -2.04. The number of aromatic nitrogens is 2. The van der Waals surface area contributed by atoms with Crippen LogP contribution in [0.1, 0.15) is 0 Å². The molecule has 4 heteroatoms. The van der Waals surface area contributed by atoms with E-state index in [-0.39, 0.29) is 13.5 Å². The molecule has 3 rings (SSSR count). The monoisotopic (exact) mass is 244 g/mol. The fourth-order valence-electron chi connectivity index (χ4n) is 1.78. The lowest BCUT2D eigenvalue weighted by Crippen LogP contribution is -1.91. The Kier molecular flexibility index (Phi) is 3.15. The number of benzene rings is 2. The number of hydrogen-bond donors (Lipinski definition) is 0. The van der Waals surface area contributed by atoms with Crippen LogP contribution in [-0.4, -0.2) is 17.1 Å². The van der Waals surface area contributed by atoms with Gasteiger partial charge >= 0.3 is 0 Å². The van der Waals surface area contributed by atoms with Crippen molar-refractivity contribution < 1.29 is 4.74 Å². The van der Waals surface area contributed by atoms with Gasteiger partial charge < -0.3 is 4.74 Å². The Hall–Kier alpha value is -1.81. The molecule has 0 amide bonds. The molecule has 0 atom stereocenters. The lowest BCUT2D eigenvalue weighted by molar-refractivity contribution is 0.419. The van der Waals surface area contributed by atoms with Gasteiger partial charge in [0.05, 0.1) is 23.7 Å².